The Kier molecular flexibility index (Phi) is 3.14. The third-order valence-corrected chi connectivity index (χ3v) is 2.29. The van der Waals surface area contributed by atoms with E-state index in [1.54, 1.807) is 24.4 Å². The van der Waals surface area contributed by atoms with Crippen molar-refractivity contribution in [3.8, 4) is 0 Å². The molecule has 0 fully saturated rings. The molecule has 0 spiro atoms. The van der Waals surface area contributed by atoms with E-state index in [0.29, 0.717) is 18.8 Å². The van der Waals surface area contributed by atoms with Gasteiger partial charge in [0.2, 0.25) is 0 Å². The Hall–Kier alpha value is -1.91. The number of hydrogen-bond donors (Lipinski definition) is 1. The fourth-order valence-corrected chi connectivity index (χ4v) is 1.50. The van der Waals surface area contributed by atoms with E-state index in [2.05, 4.69) is 10.3 Å². The standard InChI is InChI=1S/C11H12FN3O/c12-9-4-3-7-15(8-9)11(16)14-10-5-1-2-6-13-10/h1-2,4-6H,3,7-8H2,(H,13,14,16). The molecule has 0 radical (unpaired) electrons. The molecule has 0 aliphatic carbocycles. The summed E-state index contributed by atoms with van der Waals surface area (Å²) in [6.07, 6.45) is 3.65. The van der Waals surface area contributed by atoms with Gasteiger partial charge >= 0.3 is 6.03 Å². The Balaban J connectivity index is 1.96. The fourth-order valence-electron chi connectivity index (χ4n) is 1.50. The van der Waals surface area contributed by atoms with Crippen LogP contribution in [0.15, 0.2) is 36.3 Å². The van der Waals surface area contributed by atoms with Crippen molar-refractivity contribution < 1.29 is 9.18 Å². The summed E-state index contributed by atoms with van der Waals surface area (Å²) in [6.45, 7) is 0.574. The van der Waals surface area contributed by atoms with Crippen LogP contribution in [0.4, 0.5) is 15.0 Å². The summed E-state index contributed by atoms with van der Waals surface area (Å²) in [6, 6.07) is 4.91. The number of halogens is 1. The number of nitrogens with zero attached hydrogens (tertiary/aromatic N) is 2. The van der Waals surface area contributed by atoms with E-state index in [0.717, 1.165) is 0 Å². The average Bonchev–Trinajstić information content (AvgIpc) is 2.30. The zero-order valence-corrected chi connectivity index (χ0v) is 8.69. The average molecular weight is 221 g/mol. The molecule has 16 heavy (non-hydrogen) atoms. The first-order valence-electron chi connectivity index (χ1n) is 5.07. The Morgan fingerprint density at radius 1 is 1.50 bits per heavy atom. The number of pyridine rings is 1. The minimum Gasteiger partial charge on any atom is -0.318 e. The van der Waals surface area contributed by atoms with Crippen molar-refractivity contribution in [1.82, 2.24) is 9.88 Å². The van der Waals surface area contributed by atoms with Crippen LogP contribution in [0.25, 0.3) is 0 Å². The van der Waals surface area contributed by atoms with Gasteiger partial charge in [0.15, 0.2) is 0 Å². The van der Waals surface area contributed by atoms with Crippen molar-refractivity contribution >= 4 is 11.8 Å². The van der Waals surface area contributed by atoms with Crippen LogP contribution in [-0.2, 0) is 0 Å². The second-order valence-corrected chi connectivity index (χ2v) is 3.51. The lowest BCUT2D eigenvalue weighted by atomic mass is 10.2. The maximum absolute atomic E-state index is 13.0. The largest absolute Gasteiger partial charge is 0.323 e. The van der Waals surface area contributed by atoms with Crippen molar-refractivity contribution in [2.75, 3.05) is 18.4 Å². The van der Waals surface area contributed by atoms with Crippen molar-refractivity contribution in [1.29, 1.82) is 0 Å². The number of urea groups is 1. The van der Waals surface area contributed by atoms with E-state index in [1.807, 2.05) is 0 Å². The molecule has 5 heteroatoms. The predicted molar refractivity (Wildman–Crippen MR) is 58.6 cm³/mol. The number of rotatable bonds is 1. The van der Waals surface area contributed by atoms with E-state index in [1.165, 1.54) is 11.0 Å². The van der Waals surface area contributed by atoms with Crippen molar-refractivity contribution in [3.63, 3.8) is 0 Å². The van der Waals surface area contributed by atoms with Crippen LogP contribution in [0.3, 0.4) is 0 Å². The van der Waals surface area contributed by atoms with Gasteiger partial charge in [-0.05, 0) is 24.6 Å². The van der Waals surface area contributed by atoms with E-state index >= 15 is 0 Å². The first-order valence-corrected chi connectivity index (χ1v) is 5.07. The van der Waals surface area contributed by atoms with Gasteiger partial charge in [0, 0.05) is 12.7 Å². The van der Waals surface area contributed by atoms with Crippen LogP contribution in [0.5, 0.6) is 0 Å². The highest BCUT2D eigenvalue weighted by molar-refractivity contribution is 5.88. The third-order valence-electron chi connectivity index (χ3n) is 2.29. The molecule has 1 N–H and O–H groups in total. The van der Waals surface area contributed by atoms with Crippen LogP contribution in [0.1, 0.15) is 6.42 Å². The molecular formula is C11H12FN3O. The van der Waals surface area contributed by atoms with Gasteiger partial charge in [-0.3, -0.25) is 5.32 Å². The normalized spacial score (nSPS) is 15.6. The number of anilines is 1. The Morgan fingerprint density at radius 2 is 2.38 bits per heavy atom. The van der Waals surface area contributed by atoms with Gasteiger partial charge in [0.1, 0.15) is 11.6 Å². The SMILES string of the molecule is O=C(Nc1ccccn1)N1CCC=C(F)C1. The highest BCUT2D eigenvalue weighted by Gasteiger charge is 2.18. The van der Waals surface area contributed by atoms with Crippen molar-refractivity contribution in [3.05, 3.63) is 36.3 Å². The number of amides is 2. The molecule has 0 aromatic carbocycles. The summed E-state index contributed by atoms with van der Waals surface area (Å²) in [4.78, 5) is 17.1. The summed E-state index contributed by atoms with van der Waals surface area (Å²) >= 11 is 0. The van der Waals surface area contributed by atoms with Gasteiger partial charge in [-0.15, -0.1) is 0 Å². The highest BCUT2D eigenvalue weighted by Crippen LogP contribution is 2.12. The van der Waals surface area contributed by atoms with Crippen LogP contribution >= 0.6 is 0 Å². The molecular weight excluding hydrogens is 209 g/mol. The van der Waals surface area contributed by atoms with E-state index in [9.17, 15) is 9.18 Å². The molecule has 84 valence electrons. The highest BCUT2D eigenvalue weighted by atomic mass is 19.1. The second-order valence-electron chi connectivity index (χ2n) is 3.51. The monoisotopic (exact) mass is 221 g/mol. The molecule has 1 aromatic heterocycles. The molecule has 1 aliphatic heterocycles. The molecule has 1 aromatic rings. The minimum absolute atomic E-state index is 0.0403. The van der Waals surface area contributed by atoms with Crippen LogP contribution < -0.4 is 5.32 Å². The molecule has 2 rings (SSSR count). The lowest BCUT2D eigenvalue weighted by Gasteiger charge is -2.24. The third kappa shape index (κ3) is 2.56. The maximum Gasteiger partial charge on any atom is 0.323 e. The summed E-state index contributed by atoms with van der Waals surface area (Å²) in [5, 5.41) is 2.61. The molecule has 0 unspecified atom stereocenters. The molecule has 2 heterocycles. The number of nitrogens with one attached hydrogen (secondary N) is 1. The van der Waals surface area contributed by atoms with Crippen molar-refractivity contribution in [2.24, 2.45) is 0 Å². The summed E-state index contributed by atoms with van der Waals surface area (Å²) in [5.41, 5.74) is 0. The first-order chi connectivity index (χ1) is 7.75. The lowest BCUT2D eigenvalue weighted by Crippen LogP contribution is -2.38. The van der Waals surface area contributed by atoms with Gasteiger partial charge in [0.05, 0.1) is 6.54 Å². The summed E-state index contributed by atoms with van der Waals surface area (Å²) in [5.74, 6) is 0.213. The van der Waals surface area contributed by atoms with Crippen LogP contribution in [0.2, 0.25) is 0 Å². The number of aromatic nitrogens is 1. The van der Waals surface area contributed by atoms with Gasteiger partial charge < -0.3 is 4.90 Å². The molecule has 0 bridgehead atoms. The van der Waals surface area contributed by atoms with Gasteiger partial charge in [-0.1, -0.05) is 6.07 Å². The molecule has 0 saturated heterocycles. The quantitative estimate of drug-likeness (QED) is 0.789. The van der Waals surface area contributed by atoms with Gasteiger partial charge in [-0.2, -0.15) is 0 Å². The topological polar surface area (TPSA) is 45.2 Å². The van der Waals surface area contributed by atoms with E-state index in [4.69, 9.17) is 0 Å². The van der Waals surface area contributed by atoms with Gasteiger partial charge in [0.25, 0.3) is 0 Å². The predicted octanol–water partition coefficient (Wildman–Crippen LogP) is 2.17. The molecule has 0 saturated carbocycles. The van der Waals surface area contributed by atoms with Gasteiger partial charge in [-0.25, -0.2) is 14.2 Å². The second kappa shape index (κ2) is 4.74. The fraction of sp³-hybridized carbons (Fsp3) is 0.273. The van der Waals surface area contributed by atoms with Crippen LogP contribution in [-0.4, -0.2) is 29.0 Å². The van der Waals surface area contributed by atoms with E-state index < -0.39 is 0 Å². The zero-order chi connectivity index (χ0) is 11.4. The Labute approximate surface area is 92.8 Å². The molecule has 0 atom stereocenters. The summed E-state index contributed by atoms with van der Waals surface area (Å²) < 4.78 is 13.0. The minimum atomic E-state index is -0.318. The molecule has 2 amide bonds. The molecule has 4 nitrogen and oxygen atoms in total. The number of carbonyl (C=O) groups is 1. The Bertz CT molecular complexity index is 405. The van der Waals surface area contributed by atoms with Crippen LogP contribution in [0, 0.1) is 0 Å². The van der Waals surface area contributed by atoms with Crippen molar-refractivity contribution in [2.45, 2.75) is 6.42 Å². The molecule has 1 aliphatic rings. The first kappa shape index (κ1) is 10.6. The number of carbonyl (C=O) groups excluding carboxylic acids is 1. The summed E-state index contributed by atoms with van der Waals surface area (Å²) in [7, 11) is 0. The maximum atomic E-state index is 13.0. The lowest BCUT2D eigenvalue weighted by molar-refractivity contribution is 0.210. The smallest absolute Gasteiger partial charge is 0.318 e. The number of hydrogen-bond acceptors (Lipinski definition) is 2. The zero-order valence-electron chi connectivity index (χ0n) is 8.69. The Morgan fingerprint density at radius 3 is 3.06 bits per heavy atom. The van der Waals surface area contributed by atoms with E-state index in [-0.39, 0.29) is 18.4 Å².